The molecule has 3 nitrogen and oxygen atoms in total. The molecule has 124 valence electrons. The highest BCUT2D eigenvalue weighted by molar-refractivity contribution is 14.0. The second-order valence-corrected chi connectivity index (χ2v) is 6.71. The second-order valence-electron chi connectivity index (χ2n) is 6.71. The lowest BCUT2D eigenvalue weighted by molar-refractivity contribution is 0.277. The zero-order chi connectivity index (χ0) is 15.5. The maximum Gasteiger partial charge on any atom is 0.191 e. The zero-order valence-electron chi connectivity index (χ0n) is 13.7. The van der Waals surface area contributed by atoms with Crippen molar-refractivity contribution in [3.63, 3.8) is 0 Å². The van der Waals surface area contributed by atoms with Gasteiger partial charge >= 0.3 is 0 Å². The summed E-state index contributed by atoms with van der Waals surface area (Å²) >= 11 is 0. The van der Waals surface area contributed by atoms with Gasteiger partial charge < -0.3 is 10.6 Å². The summed E-state index contributed by atoms with van der Waals surface area (Å²) in [6.07, 6.45) is 2.32. The predicted octanol–water partition coefficient (Wildman–Crippen LogP) is 3.77. The van der Waals surface area contributed by atoms with Crippen molar-refractivity contribution < 1.29 is 4.39 Å². The molecule has 0 amide bonds. The molecule has 1 fully saturated rings. The number of benzene rings is 1. The summed E-state index contributed by atoms with van der Waals surface area (Å²) in [5.41, 5.74) is 6.43. The summed E-state index contributed by atoms with van der Waals surface area (Å²) in [6.45, 7) is 8.70. The lowest BCUT2D eigenvalue weighted by Crippen LogP contribution is -2.43. The molecule has 0 spiro atoms. The summed E-state index contributed by atoms with van der Waals surface area (Å²) in [4.78, 5) is 6.65. The molecule has 0 unspecified atom stereocenters. The van der Waals surface area contributed by atoms with Crippen LogP contribution in [0, 0.1) is 11.7 Å². The first-order valence-corrected chi connectivity index (χ1v) is 7.70. The first kappa shape index (κ1) is 19.2. The fraction of sp³-hybridized carbons (Fsp3) is 0.588. The van der Waals surface area contributed by atoms with Gasteiger partial charge in [-0.05, 0) is 30.4 Å². The third kappa shape index (κ3) is 4.83. The molecule has 2 rings (SSSR count). The summed E-state index contributed by atoms with van der Waals surface area (Å²) < 4.78 is 13.9. The van der Waals surface area contributed by atoms with Crippen LogP contribution in [0.15, 0.2) is 29.3 Å². The van der Waals surface area contributed by atoms with E-state index in [-0.39, 0.29) is 35.2 Å². The number of hydrogen-bond acceptors (Lipinski definition) is 1. The molecule has 0 atom stereocenters. The molecule has 5 heteroatoms. The van der Waals surface area contributed by atoms with Crippen molar-refractivity contribution in [2.24, 2.45) is 16.6 Å². The minimum Gasteiger partial charge on any atom is -0.370 e. The number of halogens is 2. The van der Waals surface area contributed by atoms with Crippen molar-refractivity contribution in [1.29, 1.82) is 0 Å². The van der Waals surface area contributed by atoms with Gasteiger partial charge in [0.25, 0.3) is 0 Å². The van der Waals surface area contributed by atoms with Crippen LogP contribution in [0.2, 0.25) is 0 Å². The number of likely N-dealkylation sites (tertiary alicyclic amines) is 1. The highest BCUT2D eigenvalue weighted by Gasteiger charge is 2.24. The van der Waals surface area contributed by atoms with Gasteiger partial charge in [-0.15, -0.1) is 24.0 Å². The Bertz CT molecular complexity index is 508. The minimum absolute atomic E-state index is 0. The third-order valence-electron chi connectivity index (χ3n) is 4.35. The van der Waals surface area contributed by atoms with Crippen LogP contribution >= 0.6 is 24.0 Å². The lowest BCUT2D eigenvalue weighted by Gasteiger charge is -2.32. The number of aliphatic imine (C=N–C) groups is 1. The Labute approximate surface area is 150 Å². The van der Waals surface area contributed by atoms with Gasteiger partial charge in [0.05, 0.1) is 6.54 Å². The molecule has 0 saturated carbocycles. The summed E-state index contributed by atoms with van der Waals surface area (Å²) in [5, 5.41) is 0. The number of piperidine rings is 1. The molecule has 1 aromatic rings. The van der Waals surface area contributed by atoms with Crippen LogP contribution in [-0.4, -0.2) is 30.5 Å². The first-order valence-electron chi connectivity index (χ1n) is 7.70. The molecular weight excluding hydrogens is 392 g/mol. The average Bonchev–Trinajstić information content (AvgIpc) is 2.46. The Kier molecular flexibility index (Phi) is 7.09. The maximum atomic E-state index is 13.9. The Hall–Kier alpha value is -0.850. The molecule has 1 aliphatic heterocycles. The summed E-state index contributed by atoms with van der Waals surface area (Å²) in [5.74, 6) is 1.18. The van der Waals surface area contributed by atoms with Crippen LogP contribution in [0.1, 0.15) is 39.2 Å². The fourth-order valence-corrected chi connectivity index (χ4v) is 2.71. The van der Waals surface area contributed by atoms with Gasteiger partial charge in [0, 0.05) is 18.5 Å². The Morgan fingerprint density at radius 3 is 2.50 bits per heavy atom. The monoisotopic (exact) mass is 419 g/mol. The van der Waals surface area contributed by atoms with E-state index in [0.717, 1.165) is 31.8 Å². The van der Waals surface area contributed by atoms with E-state index in [1.165, 1.54) is 6.07 Å². The molecule has 0 aliphatic carbocycles. The van der Waals surface area contributed by atoms with Gasteiger partial charge in [-0.25, -0.2) is 4.39 Å². The van der Waals surface area contributed by atoms with Crippen LogP contribution in [0.25, 0.3) is 0 Å². The lowest BCUT2D eigenvalue weighted by atomic mass is 9.84. The molecule has 1 aliphatic rings. The van der Waals surface area contributed by atoms with Crippen molar-refractivity contribution >= 4 is 29.9 Å². The van der Waals surface area contributed by atoms with Gasteiger partial charge in [-0.3, -0.25) is 4.99 Å². The van der Waals surface area contributed by atoms with Gasteiger partial charge in [-0.1, -0.05) is 39.0 Å². The highest BCUT2D eigenvalue weighted by atomic mass is 127. The van der Waals surface area contributed by atoms with Crippen LogP contribution < -0.4 is 5.73 Å². The molecule has 0 aromatic heterocycles. The summed E-state index contributed by atoms with van der Waals surface area (Å²) in [7, 11) is 0. The quantitative estimate of drug-likeness (QED) is 0.461. The second kappa shape index (κ2) is 8.13. The molecule has 1 aromatic carbocycles. The Morgan fingerprint density at radius 2 is 1.91 bits per heavy atom. The van der Waals surface area contributed by atoms with Crippen molar-refractivity contribution in [1.82, 2.24) is 4.90 Å². The van der Waals surface area contributed by atoms with Crippen LogP contribution in [0.5, 0.6) is 0 Å². The van der Waals surface area contributed by atoms with E-state index in [1.54, 1.807) is 6.07 Å². The highest BCUT2D eigenvalue weighted by Crippen LogP contribution is 2.26. The van der Waals surface area contributed by atoms with Gasteiger partial charge in [0.1, 0.15) is 5.82 Å². The molecule has 0 bridgehead atoms. The van der Waals surface area contributed by atoms with Crippen LogP contribution in [0.4, 0.5) is 4.39 Å². The van der Waals surface area contributed by atoms with Gasteiger partial charge in [0.2, 0.25) is 0 Å². The van der Waals surface area contributed by atoms with Gasteiger partial charge in [0.15, 0.2) is 5.96 Å². The number of nitrogens with zero attached hydrogens (tertiary/aromatic N) is 2. The van der Waals surface area contributed by atoms with E-state index in [2.05, 4.69) is 16.8 Å². The van der Waals surface area contributed by atoms with Gasteiger partial charge in [-0.2, -0.15) is 0 Å². The van der Waals surface area contributed by atoms with Crippen molar-refractivity contribution in [3.05, 3.63) is 35.6 Å². The number of hydrogen-bond donors (Lipinski definition) is 1. The number of guanidine groups is 1. The molecule has 1 heterocycles. The summed E-state index contributed by atoms with van der Waals surface area (Å²) in [6, 6.07) is 6.89. The van der Waals surface area contributed by atoms with Crippen LogP contribution in [-0.2, 0) is 5.41 Å². The fourth-order valence-electron chi connectivity index (χ4n) is 2.71. The van der Waals surface area contributed by atoms with E-state index >= 15 is 0 Å². The molecular formula is C17H27FIN3. The predicted molar refractivity (Wildman–Crippen MR) is 101 cm³/mol. The van der Waals surface area contributed by atoms with E-state index in [9.17, 15) is 4.39 Å². The standard InChI is InChI=1S/C17H26FN3.HI/c1-13-8-10-21(11-9-13)16(19)20-12-17(2,3)14-6-4-5-7-15(14)18;/h4-7,13H,8-12H2,1-3H3,(H2,19,20);1H. The van der Waals surface area contributed by atoms with Crippen molar-refractivity contribution in [3.8, 4) is 0 Å². The topological polar surface area (TPSA) is 41.6 Å². The van der Waals surface area contributed by atoms with Crippen molar-refractivity contribution in [2.75, 3.05) is 19.6 Å². The normalized spacial score (nSPS) is 17.3. The average molecular weight is 419 g/mol. The zero-order valence-corrected chi connectivity index (χ0v) is 16.0. The van der Waals surface area contributed by atoms with E-state index in [4.69, 9.17) is 5.73 Å². The molecule has 1 saturated heterocycles. The van der Waals surface area contributed by atoms with E-state index in [0.29, 0.717) is 18.1 Å². The largest absolute Gasteiger partial charge is 0.370 e. The molecule has 0 radical (unpaired) electrons. The molecule has 2 N–H and O–H groups in total. The Balaban J connectivity index is 0.00000242. The van der Waals surface area contributed by atoms with E-state index < -0.39 is 0 Å². The number of nitrogens with two attached hydrogens (primary N) is 1. The third-order valence-corrected chi connectivity index (χ3v) is 4.35. The number of rotatable bonds is 3. The first-order chi connectivity index (χ1) is 9.90. The molecule has 22 heavy (non-hydrogen) atoms. The van der Waals surface area contributed by atoms with Crippen LogP contribution in [0.3, 0.4) is 0 Å². The van der Waals surface area contributed by atoms with Crippen molar-refractivity contribution in [2.45, 2.75) is 39.0 Å². The minimum atomic E-state index is -0.362. The SMILES string of the molecule is CC1CCN(C(N)=NCC(C)(C)c2ccccc2F)CC1.I. The Morgan fingerprint density at radius 1 is 1.32 bits per heavy atom. The smallest absolute Gasteiger partial charge is 0.191 e. The van der Waals surface area contributed by atoms with E-state index in [1.807, 2.05) is 26.0 Å². The maximum absolute atomic E-state index is 13.9.